The van der Waals surface area contributed by atoms with E-state index in [1.165, 1.54) is 17.7 Å². The van der Waals surface area contributed by atoms with Crippen LogP contribution in [0.3, 0.4) is 0 Å². The highest BCUT2D eigenvalue weighted by atomic mass is 32.1. The molecular formula is C22H22N4O3S. The summed E-state index contributed by atoms with van der Waals surface area (Å²) in [5.74, 6) is -0.413. The van der Waals surface area contributed by atoms with E-state index in [9.17, 15) is 9.59 Å². The number of aromatic nitrogens is 4. The molecule has 0 fully saturated rings. The van der Waals surface area contributed by atoms with Crippen molar-refractivity contribution in [2.45, 2.75) is 34.2 Å². The van der Waals surface area contributed by atoms with E-state index in [4.69, 9.17) is 4.74 Å². The summed E-state index contributed by atoms with van der Waals surface area (Å²) in [6.45, 7) is 8.18. The molecule has 0 unspecified atom stereocenters. The number of esters is 1. The van der Waals surface area contributed by atoms with Gasteiger partial charge in [-0.05, 0) is 57.0 Å². The zero-order valence-electron chi connectivity index (χ0n) is 17.3. The number of fused-ring (bicyclic) bond motifs is 1. The molecule has 0 atom stereocenters. The van der Waals surface area contributed by atoms with Gasteiger partial charge >= 0.3 is 5.97 Å². The van der Waals surface area contributed by atoms with Crippen molar-refractivity contribution in [2.24, 2.45) is 0 Å². The van der Waals surface area contributed by atoms with Crippen molar-refractivity contribution in [1.29, 1.82) is 0 Å². The lowest BCUT2D eigenvalue weighted by Gasteiger charge is -2.08. The highest BCUT2D eigenvalue weighted by Gasteiger charge is 2.20. The first-order valence-electron chi connectivity index (χ1n) is 9.67. The van der Waals surface area contributed by atoms with Gasteiger partial charge in [0.25, 0.3) is 5.56 Å². The number of hydrogen-bond acceptors (Lipinski definition) is 6. The maximum Gasteiger partial charge on any atom is 0.348 e. The van der Waals surface area contributed by atoms with E-state index in [1.54, 1.807) is 18.4 Å². The van der Waals surface area contributed by atoms with Gasteiger partial charge in [0.2, 0.25) is 0 Å². The molecule has 7 nitrogen and oxygen atoms in total. The van der Waals surface area contributed by atoms with Crippen LogP contribution in [-0.4, -0.2) is 31.9 Å². The number of thiophene rings is 1. The zero-order chi connectivity index (χ0) is 21.4. The number of ether oxygens (including phenoxy) is 1. The SMILES string of the molecule is CCOC(=O)c1sc2ncn(Cc3ccc(-n4nc(C)cc4C)cc3)c(=O)c2c1C. The normalized spacial score (nSPS) is 11.2. The Hall–Kier alpha value is -3.26. The Balaban J connectivity index is 1.65. The van der Waals surface area contributed by atoms with Gasteiger partial charge in [-0.2, -0.15) is 5.10 Å². The van der Waals surface area contributed by atoms with Crippen LogP contribution in [0.15, 0.2) is 41.5 Å². The monoisotopic (exact) mass is 422 g/mol. The third-order valence-corrected chi connectivity index (χ3v) is 6.10. The summed E-state index contributed by atoms with van der Waals surface area (Å²) in [5, 5.41) is 4.97. The molecule has 3 heterocycles. The minimum absolute atomic E-state index is 0.160. The Labute approximate surface area is 177 Å². The van der Waals surface area contributed by atoms with E-state index in [2.05, 4.69) is 10.1 Å². The molecule has 0 aliphatic heterocycles. The molecule has 0 amide bonds. The van der Waals surface area contributed by atoms with E-state index >= 15 is 0 Å². The van der Waals surface area contributed by atoms with Crippen molar-refractivity contribution in [3.05, 3.63) is 74.4 Å². The number of nitrogens with zero attached hydrogens (tertiary/aromatic N) is 4. The number of carbonyl (C=O) groups is 1. The summed E-state index contributed by atoms with van der Waals surface area (Å²) < 4.78 is 8.55. The maximum atomic E-state index is 13.0. The summed E-state index contributed by atoms with van der Waals surface area (Å²) in [6.07, 6.45) is 1.53. The summed E-state index contributed by atoms with van der Waals surface area (Å²) in [4.78, 5) is 30.6. The first-order chi connectivity index (χ1) is 14.4. The second kappa shape index (κ2) is 7.87. The third-order valence-electron chi connectivity index (χ3n) is 4.92. The zero-order valence-corrected chi connectivity index (χ0v) is 18.1. The fraction of sp³-hybridized carbons (Fsp3) is 0.273. The lowest BCUT2D eigenvalue weighted by atomic mass is 10.2. The van der Waals surface area contributed by atoms with Crippen LogP contribution in [-0.2, 0) is 11.3 Å². The van der Waals surface area contributed by atoms with Crippen molar-refractivity contribution in [1.82, 2.24) is 19.3 Å². The van der Waals surface area contributed by atoms with E-state index < -0.39 is 5.97 Å². The quantitative estimate of drug-likeness (QED) is 0.457. The molecule has 154 valence electrons. The van der Waals surface area contributed by atoms with Gasteiger partial charge in [-0.1, -0.05) is 12.1 Å². The Morgan fingerprint density at radius 1 is 1.17 bits per heavy atom. The molecule has 4 aromatic rings. The van der Waals surface area contributed by atoms with Gasteiger partial charge in [0.15, 0.2) is 0 Å². The molecule has 30 heavy (non-hydrogen) atoms. The maximum absolute atomic E-state index is 13.0. The minimum Gasteiger partial charge on any atom is -0.462 e. The van der Waals surface area contributed by atoms with E-state index in [-0.39, 0.29) is 12.2 Å². The summed E-state index contributed by atoms with van der Waals surface area (Å²) in [5.41, 5.74) is 4.44. The molecule has 0 aliphatic rings. The molecule has 1 aromatic carbocycles. The molecule has 4 rings (SSSR count). The van der Waals surface area contributed by atoms with Crippen LogP contribution in [0.2, 0.25) is 0 Å². The summed E-state index contributed by atoms with van der Waals surface area (Å²) >= 11 is 1.20. The number of rotatable bonds is 5. The first-order valence-corrected chi connectivity index (χ1v) is 10.5. The number of benzene rings is 1. The van der Waals surface area contributed by atoms with Crippen molar-refractivity contribution in [3.8, 4) is 5.69 Å². The molecule has 0 saturated carbocycles. The van der Waals surface area contributed by atoms with Crippen LogP contribution in [0.25, 0.3) is 15.9 Å². The second-order valence-electron chi connectivity index (χ2n) is 7.14. The highest BCUT2D eigenvalue weighted by Crippen LogP contribution is 2.27. The topological polar surface area (TPSA) is 79.0 Å². The van der Waals surface area contributed by atoms with Gasteiger partial charge < -0.3 is 4.74 Å². The molecule has 0 radical (unpaired) electrons. The predicted molar refractivity (Wildman–Crippen MR) is 117 cm³/mol. The summed E-state index contributed by atoms with van der Waals surface area (Å²) in [7, 11) is 0. The van der Waals surface area contributed by atoms with Gasteiger partial charge in [0.1, 0.15) is 9.71 Å². The van der Waals surface area contributed by atoms with E-state index in [0.717, 1.165) is 22.6 Å². The van der Waals surface area contributed by atoms with E-state index in [0.29, 0.717) is 27.2 Å². The lowest BCUT2D eigenvalue weighted by Crippen LogP contribution is -2.21. The Bertz CT molecular complexity index is 1300. The molecule has 0 N–H and O–H groups in total. The average molecular weight is 423 g/mol. The smallest absolute Gasteiger partial charge is 0.348 e. The largest absolute Gasteiger partial charge is 0.462 e. The average Bonchev–Trinajstić information content (AvgIpc) is 3.24. The van der Waals surface area contributed by atoms with Crippen LogP contribution in [0.5, 0.6) is 0 Å². The fourth-order valence-corrected chi connectivity index (χ4v) is 4.53. The van der Waals surface area contributed by atoms with Crippen LogP contribution in [0.4, 0.5) is 0 Å². The molecule has 0 saturated heterocycles. The highest BCUT2D eigenvalue weighted by molar-refractivity contribution is 7.20. The number of hydrogen-bond donors (Lipinski definition) is 0. The third kappa shape index (κ3) is 3.54. The van der Waals surface area contributed by atoms with Crippen LogP contribution in [0, 0.1) is 20.8 Å². The lowest BCUT2D eigenvalue weighted by molar-refractivity contribution is 0.0531. The standard InChI is InChI=1S/C22H22N4O3S/c1-5-29-22(28)19-15(4)18-20(30-19)23-12-25(21(18)27)11-16-6-8-17(9-7-16)26-14(3)10-13(2)24-26/h6-10,12H,5,11H2,1-4H3. The Morgan fingerprint density at radius 3 is 2.53 bits per heavy atom. The van der Waals surface area contributed by atoms with Crippen molar-refractivity contribution in [2.75, 3.05) is 6.61 Å². The van der Waals surface area contributed by atoms with Crippen LogP contribution >= 0.6 is 11.3 Å². The minimum atomic E-state index is -0.413. The molecule has 8 heteroatoms. The number of carbonyl (C=O) groups excluding carboxylic acids is 1. The summed E-state index contributed by atoms with van der Waals surface area (Å²) in [6, 6.07) is 9.96. The van der Waals surface area contributed by atoms with Gasteiger partial charge in [0, 0.05) is 5.69 Å². The molecule has 3 aromatic heterocycles. The van der Waals surface area contributed by atoms with Gasteiger partial charge in [0.05, 0.1) is 36.2 Å². The molecule has 0 bridgehead atoms. The van der Waals surface area contributed by atoms with Gasteiger partial charge in [-0.3, -0.25) is 9.36 Å². The van der Waals surface area contributed by atoms with Crippen molar-refractivity contribution < 1.29 is 9.53 Å². The Kier molecular flexibility index (Phi) is 5.26. The van der Waals surface area contributed by atoms with Crippen molar-refractivity contribution in [3.63, 3.8) is 0 Å². The molecular weight excluding hydrogens is 400 g/mol. The molecule has 0 aliphatic carbocycles. The van der Waals surface area contributed by atoms with E-state index in [1.807, 2.05) is 48.9 Å². The number of aryl methyl sites for hydroxylation is 3. The predicted octanol–water partition coefficient (Wildman–Crippen LogP) is 3.79. The molecule has 0 spiro atoms. The second-order valence-corrected chi connectivity index (χ2v) is 8.14. The first kappa shape index (κ1) is 20.0. The van der Waals surface area contributed by atoms with Gasteiger partial charge in [-0.25, -0.2) is 14.5 Å². The van der Waals surface area contributed by atoms with Crippen LogP contribution < -0.4 is 5.56 Å². The van der Waals surface area contributed by atoms with Crippen LogP contribution in [0.1, 0.15) is 39.1 Å². The van der Waals surface area contributed by atoms with Crippen molar-refractivity contribution >= 4 is 27.5 Å². The van der Waals surface area contributed by atoms with Gasteiger partial charge in [-0.15, -0.1) is 11.3 Å². The fourth-order valence-electron chi connectivity index (χ4n) is 3.49. The Morgan fingerprint density at radius 2 is 1.90 bits per heavy atom.